The standard InChI is InChI=1S/C20H26BrN3O3/c21-15-7-8-16-17(14-15)20(27)24(19(16)26)12-5-6-18(25)22-9-13-23-10-3-1-2-4-11-23/h7-8,14H,1-6,9-13H2,(H,22,25). The number of fused-ring (bicyclic) bond motifs is 1. The molecule has 2 heterocycles. The maximum Gasteiger partial charge on any atom is 0.261 e. The topological polar surface area (TPSA) is 69.7 Å². The van der Waals surface area contributed by atoms with Crippen molar-refractivity contribution < 1.29 is 14.4 Å². The van der Waals surface area contributed by atoms with Crippen molar-refractivity contribution in [3.63, 3.8) is 0 Å². The summed E-state index contributed by atoms with van der Waals surface area (Å²) in [6.07, 6.45) is 5.88. The number of nitrogens with one attached hydrogen (secondary N) is 1. The summed E-state index contributed by atoms with van der Waals surface area (Å²) in [6, 6.07) is 5.09. The lowest BCUT2D eigenvalue weighted by molar-refractivity contribution is -0.121. The Labute approximate surface area is 168 Å². The molecule has 1 fully saturated rings. The van der Waals surface area contributed by atoms with Crippen LogP contribution in [0, 0.1) is 0 Å². The van der Waals surface area contributed by atoms with Crippen LogP contribution < -0.4 is 5.32 Å². The summed E-state index contributed by atoms with van der Waals surface area (Å²) in [5, 5.41) is 2.95. The fourth-order valence-corrected chi connectivity index (χ4v) is 4.03. The van der Waals surface area contributed by atoms with E-state index >= 15 is 0 Å². The van der Waals surface area contributed by atoms with Crippen molar-refractivity contribution in [3.05, 3.63) is 33.8 Å². The highest BCUT2D eigenvalue weighted by molar-refractivity contribution is 9.10. The van der Waals surface area contributed by atoms with Crippen molar-refractivity contribution >= 4 is 33.7 Å². The highest BCUT2D eigenvalue weighted by Gasteiger charge is 2.35. The van der Waals surface area contributed by atoms with Crippen LogP contribution in [0.4, 0.5) is 0 Å². The highest BCUT2D eigenvalue weighted by atomic mass is 79.9. The third kappa shape index (κ3) is 5.17. The highest BCUT2D eigenvalue weighted by Crippen LogP contribution is 2.26. The van der Waals surface area contributed by atoms with Gasteiger partial charge in [-0.1, -0.05) is 28.8 Å². The minimum Gasteiger partial charge on any atom is -0.355 e. The van der Waals surface area contributed by atoms with Gasteiger partial charge in [0.2, 0.25) is 5.91 Å². The number of nitrogens with zero attached hydrogens (tertiary/aromatic N) is 2. The zero-order valence-electron chi connectivity index (χ0n) is 15.5. The quantitative estimate of drug-likeness (QED) is 0.668. The van der Waals surface area contributed by atoms with Crippen molar-refractivity contribution in [3.8, 4) is 0 Å². The Morgan fingerprint density at radius 1 is 1.00 bits per heavy atom. The summed E-state index contributed by atoms with van der Waals surface area (Å²) in [5.74, 6) is -0.578. The molecule has 0 unspecified atom stereocenters. The molecular formula is C20H26BrN3O3. The summed E-state index contributed by atoms with van der Waals surface area (Å²) >= 11 is 3.32. The molecule has 0 atom stereocenters. The molecule has 2 aliphatic heterocycles. The third-order valence-corrected chi connectivity index (χ3v) is 5.66. The van der Waals surface area contributed by atoms with Gasteiger partial charge >= 0.3 is 0 Å². The molecule has 3 amide bonds. The molecular weight excluding hydrogens is 410 g/mol. The van der Waals surface area contributed by atoms with Crippen molar-refractivity contribution in [1.82, 2.24) is 15.1 Å². The molecule has 0 bridgehead atoms. The summed E-state index contributed by atoms with van der Waals surface area (Å²) in [5.41, 5.74) is 0.862. The van der Waals surface area contributed by atoms with Crippen LogP contribution in [-0.2, 0) is 4.79 Å². The minimum atomic E-state index is -0.280. The lowest BCUT2D eigenvalue weighted by atomic mass is 10.1. The molecule has 3 rings (SSSR count). The zero-order valence-corrected chi connectivity index (χ0v) is 17.1. The SMILES string of the molecule is O=C(CCCN1C(=O)c2ccc(Br)cc2C1=O)NCCN1CCCCCC1. The van der Waals surface area contributed by atoms with Gasteiger partial charge in [-0.3, -0.25) is 19.3 Å². The molecule has 0 aliphatic carbocycles. The summed E-state index contributed by atoms with van der Waals surface area (Å²) in [4.78, 5) is 40.4. The van der Waals surface area contributed by atoms with E-state index in [0.717, 1.165) is 24.1 Å². The molecule has 1 aromatic carbocycles. The monoisotopic (exact) mass is 435 g/mol. The molecule has 27 heavy (non-hydrogen) atoms. The van der Waals surface area contributed by atoms with E-state index in [-0.39, 0.29) is 24.3 Å². The van der Waals surface area contributed by atoms with Crippen LogP contribution in [0.25, 0.3) is 0 Å². The maximum atomic E-state index is 12.4. The first-order chi connectivity index (χ1) is 13.1. The van der Waals surface area contributed by atoms with Gasteiger partial charge in [0.1, 0.15) is 0 Å². The van der Waals surface area contributed by atoms with Gasteiger partial charge < -0.3 is 10.2 Å². The van der Waals surface area contributed by atoms with Gasteiger partial charge in [0.25, 0.3) is 11.8 Å². The zero-order chi connectivity index (χ0) is 19.2. The first kappa shape index (κ1) is 20.0. The molecule has 6 nitrogen and oxygen atoms in total. The first-order valence-electron chi connectivity index (χ1n) is 9.71. The van der Waals surface area contributed by atoms with Gasteiger partial charge in [0, 0.05) is 30.5 Å². The van der Waals surface area contributed by atoms with E-state index in [1.54, 1.807) is 18.2 Å². The molecule has 0 spiro atoms. The average Bonchev–Trinajstić information content (AvgIpc) is 2.84. The second kappa shape index (κ2) is 9.46. The number of carbonyl (C=O) groups is 3. The van der Waals surface area contributed by atoms with Gasteiger partial charge in [0.05, 0.1) is 11.1 Å². The molecule has 1 N–H and O–H groups in total. The second-order valence-corrected chi connectivity index (χ2v) is 8.08. The van der Waals surface area contributed by atoms with Crippen LogP contribution in [-0.4, -0.2) is 60.2 Å². The van der Waals surface area contributed by atoms with Crippen molar-refractivity contribution in [2.24, 2.45) is 0 Å². The Balaban J connectivity index is 1.38. The van der Waals surface area contributed by atoms with Crippen LogP contribution in [0.15, 0.2) is 22.7 Å². The fraction of sp³-hybridized carbons (Fsp3) is 0.550. The molecule has 0 aromatic heterocycles. The Hall–Kier alpha value is -1.73. The summed E-state index contributed by atoms with van der Waals surface area (Å²) in [7, 11) is 0. The average molecular weight is 436 g/mol. The predicted molar refractivity (Wildman–Crippen MR) is 107 cm³/mol. The van der Waals surface area contributed by atoms with Crippen molar-refractivity contribution in [2.75, 3.05) is 32.7 Å². The van der Waals surface area contributed by atoms with E-state index in [4.69, 9.17) is 0 Å². The molecule has 1 saturated heterocycles. The van der Waals surface area contributed by atoms with Crippen LogP contribution >= 0.6 is 15.9 Å². The maximum absolute atomic E-state index is 12.4. The smallest absolute Gasteiger partial charge is 0.261 e. The third-order valence-electron chi connectivity index (χ3n) is 5.17. The Bertz CT molecular complexity index is 714. The number of benzene rings is 1. The largest absolute Gasteiger partial charge is 0.355 e. The fourth-order valence-electron chi connectivity index (χ4n) is 3.67. The Kier molecular flexibility index (Phi) is 7.01. The summed E-state index contributed by atoms with van der Waals surface area (Å²) < 4.78 is 0.771. The van der Waals surface area contributed by atoms with E-state index in [2.05, 4.69) is 26.1 Å². The lowest BCUT2D eigenvalue weighted by Gasteiger charge is -2.19. The van der Waals surface area contributed by atoms with Gasteiger partial charge in [-0.2, -0.15) is 0 Å². The van der Waals surface area contributed by atoms with E-state index in [9.17, 15) is 14.4 Å². The number of hydrogen-bond donors (Lipinski definition) is 1. The number of hydrogen-bond acceptors (Lipinski definition) is 4. The van der Waals surface area contributed by atoms with Gasteiger partial charge in [0.15, 0.2) is 0 Å². The lowest BCUT2D eigenvalue weighted by Crippen LogP contribution is -2.36. The molecule has 146 valence electrons. The van der Waals surface area contributed by atoms with Crippen molar-refractivity contribution in [2.45, 2.75) is 38.5 Å². The number of likely N-dealkylation sites (tertiary alicyclic amines) is 1. The predicted octanol–water partition coefficient (Wildman–Crippen LogP) is 2.82. The minimum absolute atomic E-state index is 0.0239. The summed E-state index contributed by atoms with van der Waals surface area (Å²) in [6.45, 7) is 4.04. The van der Waals surface area contributed by atoms with Crippen LogP contribution in [0.3, 0.4) is 0 Å². The number of amides is 3. The van der Waals surface area contributed by atoms with Crippen LogP contribution in [0.2, 0.25) is 0 Å². The molecule has 2 aliphatic rings. The van der Waals surface area contributed by atoms with Crippen molar-refractivity contribution in [1.29, 1.82) is 0 Å². The molecule has 0 radical (unpaired) electrons. The van der Waals surface area contributed by atoms with E-state index < -0.39 is 0 Å². The number of carbonyl (C=O) groups excluding carboxylic acids is 3. The van der Waals surface area contributed by atoms with Gasteiger partial charge in [-0.05, 0) is 50.6 Å². The Morgan fingerprint density at radius 2 is 1.70 bits per heavy atom. The van der Waals surface area contributed by atoms with Gasteiger partial charge in [-0.15, -0.1) is 0 Å². The van der Waals surface area contributed by atoms with E-state index in [1.807, 2.05) is 0 Å². The molecule has 1 aromatic rings. The van der Waals surface area contributed by atoms with E-state index in [1.165, 1.54) is 30.6 Å². The first-order valence-corrected chi connectivity index (χ1v) is 10.5. The number of rotatable bonds is 7. The number of imide groups is 1. The normalized spacial score (nSPS) is 17.7. The van der Waals surface area contributed by atoms with E-state index in [0.29, 0.717) is 30.5 Å². The molecule has 7 heteroatoms. The number of halogens is 1. The van der Waals surface area contributed by atoms with Crippen LogP contribution in [0.1, 0.15) is 59.2 Å². The molecule has 0 saturated carbocycles. The van der Waals surface area contributed by atoms with Gasteiger partial charge in [-0.25, -0.2) is 0 Å². The Morgan fingerprint density at radius 3 is 2.44 bits per heavy atom. The van der Waals surface area contributed by atoms with Crippen LogP contribution in [0.5, 0.6) is 0 Å². The second-order valence-electron chi connectivity index (χ2n) is 7.16.